The van der Waals surface area contributed by atoms with E-state index in [9.17, 15) is 9.18 Å². The molecule has 24 heavy (non-hydrogen) atoms. The largest absolute Gasteiger partial charge is 0.492 e. The molecule has 0 radical (unpaired) electrons. The highest BCUT2D eigenvalue weighted by molar-refractivity contribution is 6.13. The van der Waals surface area contributed by atoms with Crippen molar-refractivity contribution in [3.05, 3.63) is 47.9 Å². The Bertz CT molecular complexity index is 959. The maximum atomic E-state index is 13.7. The number of halogens is 1. The van der Waals surface area contributed by atoms with E-state index in [4.69, 9.17) is 4.74 Å². The lowest BCUT2D eigenvalue weighted by Gasteiger charge is -2.14. The summed E-state index contributed by atoms with van der Waals surface area (Å²) < 4.78 is 21.3. The molecular formula is C19H17FN2O2. The van der Waals surface area contributed by atoms with Gasteiger partial charge in [0, 0.05) is 11.6 Å². The van der Waals surface area contributed by atoms with Gasteiger partial charge < -0.3 is 4.74 Å². The predicted octanol–water partition coefficient (Wildman–Crippen LogP) is 4.27. The number of fused-ring (bicyclic) bond motifs is 4. The SMILES string of the molecule is CC(C)CCOc1c2c(nc3ccc(F)cc13)-c1cccn1C2=O. The summed E-state index contributed by atoms with van der Waals surface area (Å²) in [6.07, 6.45) is 2.57. The molecule has 4 nitrogen and oxygen atoms in total. The van der Waals surface area contributed by atoms with Crippen molar-refractivity contribution in [2.24, 2.45) is 5.92 Å². The van der Waals surface area contributed by atoms with Crippen LogP contribution in [-0.2, 0) is 0 Å². The molecule has 0 N–H and O–H groups in total. The number of hydrogen-bond donors (Lipinski definition) is 0. The van der Waals surface area contributed by atoms with Crippen molar-refractivity contribution in [2.45, 2.75) is 20.3 Å². The molecule has 1 aromatic carbocycles. The molecule has 4 rings (SSSR count). The average molecular weight is 324 g/mol. The first-order valence-corrected chi connectivity index (χ1v) is 8.04. The molecule has 0 saturated carbocycles. The maximum Gasteiger partial charge on any atom is 0.268 e. The second-order valence-corrected chi connectivity index (χ2v) is 6.43. The highest BCUT2D eigenvalue weighted by Gasteiger charge is 2.32. The number of pyridine rings is 1. The van der Waals surface area contributed by atoms with E-state index < -0.39 is 0 Å². The normalized spacial score (nSPS) is 12.8. The van der Waals surface area contributed by atoms with Gasteiger partial charge in [0.2, 0.25) is 0 Å². The van der Waals surface area contributed by atoms with Gasteiger partial charge in [-0.1, -0.05) is 13.8 Å². The van der Waals surface area contributed by atoms with E-state index in [-0.39, 0.29) is 11.7 Å². The monoisotopic (exact) mass is 324 g/mol. The van der Waals surface area contributed by atoms with Gasteiger partial charge >= 0.3 is 0 Å². The number of carbonyl (C=O) groups excluding carboxylic acids is 1. The topological polar surface area (TPSA) is 44.1 Å². The fourth-order valence-electron chi connectivity index (χ4n) is 3.01. The van der Waals surface area contributed by atoms with Crippen LogP contribution >= 0.6 is 0 Å². The molecule has 0 saturated heterocycles. The van der Waals surface area contributed by atoms with Crippen molar-refractivity contribution in [3.8, 4) is 17.1 Å². The predicted molar refractivity (Wildman–Crippen MR) is 89.8 cm³/mol. The molecule has 5 heteroatoms. The fourth-order valence-corrected chi connectivity index (χ4v) is 3.01. The smallest absolute Gasteiger partial charge is 0.268 e. The summed E-state index contributed by atoms with van der Waals surface area (Å²) >= 11 is 0. The highest BCUT2D eigenvalue weighted by Crippen LogP contribution is 2.41. The standard InChI is InChI=1S/C19H17FN2O2/c1-11(2)7-9-24-18-13-10-12(20)5-6-14(13)21-17-15-4-3-8-22(15)19(23)16(17)18/h3-6,8,10-11H,7,9H2,1-2H3. The van der Waals surface area contributed by atoms with Crippen LogP contribution in [0.3, 0.4) is 0 Å². The number of aromatic nitrogens is 2. The molecule has 1 aliphatic rings. The van der Waals surface area contributed by atoms with E-state index >= 15 is 0 Å². The number of rotatable bonds is 4. The summed E-state index contributed by atoms with van der Waals surface area (Å²) in [6.45, 7) is 4.69. The summed E-state index contributed by atoms with van der Waals surface area (Å²) in [5.74, 6) is 0.363. The van der Waals surface area contributed by atoms with Gasteiger partial charge in [0.1, 0.15) is 22.8 Å². The molecule has 0 fully saturated rings. The molecule has 2 aromatic heterocycles. The second kappa shape index (κ2) is 5.44. The highest BCUT2D eigenvalue weighted by atomic mass is 19.1. The van der Waals surface area contributed by atoms with Crippen LogP contribution in [0.2, 0.25) is 0 Å². The van der Waals surface area contributed by atoms with Crippen molar-refractivity contribution in [1.82, 2.24) is 9.55 Å². The number of benzene rings is 1. The summed E-state index contributed by atoms with van der Waals surface area (Å²) in [5.41, 5.74) is 2.39. The maximum absolute atomic E-state index is 13.7. The lowest BCUT2D eigenvalue weighted by molar-refractivity contribution is 0.0965. The van der Waals surface area contributed by atoms with Crippen molar-refractivity contribution >= 4 is 16.8 Å². The third kappa shape index (κ3) is 2.19. The van der Waals surface area contributed by atoms with Gasteiger partial charge in [-0.3, -0.25) is 9.36 Å². The van der Waals surface area contributed by atoms with Gasteiger partial charge in [0.05, 0.1) is 17.8 Å². The van der Waals surface area contributed by atoms with E-state index in [1.54, 1.807) is 16.8 Å². The molecule has 0 unspecified atom stereocenters. The van der Waals surface area contributed by atoms with Gasteiger partial charge in [0.25, 0.3) is 5.91 Å². The molecule has 3 heterocycles. The third-order valence-electron chi connectivity index (χ3n) is 4.27. The zero-order valence-electron chi connectivity index (χ0n) is 13.5. The van der Waals surface area contributed by atoms with Crippen LogP contribution in [0.1, 0.15) is 30.6 Å². The molecule has 3 aromatic rings. The van der Waals surface area contributed by atoms with Crippen LogP contribution in [0, 0.1) is 11.7 Å². The van der Waals surface area contributed by atoms with Gasteiger partial charge in [-0.05, 0) is 42.7 Å². The Kier molecular flexibility index (Phi) is 3.37. The Hall–Kier alpha value is -2.69. The van der Waals surface area contributed by atoms with Crippen LogP contribution < -0.4 is 4.74 Å². The number of nitrogens with zero attached hydrogens (tertiary/aromatic N) is 2. The number of ether oxygens (including phenoxy) is 1. The van der Waals surface area contributed by atoms with Crippen LogP contribution in [-0.4, -0.2) is 22.1 Å². The zero-order valence-corrected chi connectivity index (χ0v) is 13.5. The Morgan fingerprint density at radius 2 is 2.12 bits per heavy atom. The lowest BCUT2D eigenvalue weighted by Crippen LogP contribution is -2.09. The van der Waals surface area contributed by atoms with Crippen LogP contribution in [0.25, 0.3) is 22.3 Å². The van der Waals surface area contributed by atoms with E-state index in [1.807, 2.05) is 12.1 Å². The minimum absolute atomic E-state index is 0.178. The quantitative estimate of drug-likeness (QED) is 0.563. The lowest BCUT2D eigenvalue weighted by atomic mass is 10.1. The van der Waals surface area contributed by atoms with Gasteiger partial charge in [-0.25, -0.2) is 9.37 Å². The van der Waals surface area contributed by atoms with Gasteiger partial charge in [-0.15, -0.1) is 0 Å². The van der Waals surface area contributed by atoms with Crippen molar-refractivity contribution in [2.75, 3.05) is 6.61 Å². The summed E-state index contributed by atoms with van der Waals surface area (Å²) in [4.78, 5) is 17.3. The Balaban J connectivity index is 1.93. The van der Waals surface area contributed by atoms with Gasteiger partial charge in [0.15, 0.2) is 0 Å². The van der Waals surface area contributed by atoms with Crippen molar-refractivity contribution in [1.29, 1.82) is 0 Å². The van der Waals surface area contributed by atoms with Crippen LogP contribution in [0.4, 0.5) is 4.39 Å². The average Bonchev–Trinajstić information content (AvgIpc) is 3.11. The van der Waals surface area contributed by atoms with E-state index in [2.05, 4.69) is 18.8 Å². The van der Waals surface area contributed by atoms with Crippen molar-refractivity contribution in [3.63, 3.8) is 0 Å². The van der Waals surface area contributed by atoms with Crippen molar-refractivity contribution < 1.29 is 13.9 Å². The van der Waals surface area contributed by atoms with Gasteiger partial charge in [-0.2, -0.15) is 0 Å². The Morgan fingerprint density at radius 1 is 1.29 bits per heavy atom. The Morgan fingerprint density at radius 3 is 2.92 bits per heavy atom. The first-order valence-electron chi connectivity index (χ1n) is 8.04. The summed E-state index contributed by atoms with van der Waals surface area (Å²) in [6, 6.07) is 8.04. The first-order chi connectivity index (χ1) is 11.6. The van der Waals surface area contributed by atoms with Crippen LogP contribution in [0.5, 0.6) is 5.75 Å². The zero-order chi connectivity index (χ0) is 16.8. The molecule has 0 aliphatic carbocycles. The molecular weight excluding hydrogens is 307 g/mol. The minimum Gasteiger partial charge on any atom is -0.492 e. The molecule has 0 atom stereocenters. The van der Waals surface area contributed by atoms with E-state index in [0.717, 1.165) is 12.1 Å². The van der Waals surface area contributed by atoms with E-state index in [1.165, 1.54) is 12.1 Å². The number of hydrogen-bond acceptors (Lipinski definition) is 3. The molecule has 0 amide bonds. The summed E-state index contributed by atoms with van der Waals surface area (Å²) in [7, 11) is 0. The number of carbonyl (C=O) groups is 1. The summed E-state index contributed by atoms with van der Waals surface area (Å²) in [5, 5.41) is 0.539. The second-order valence-electron chi connectivity index (χ2n) is 6.43. The minimum atomic E-state index is -0.372. The molecule has 0 bridgehead atoms. The fraction of sp³-hybridized carbons (Fsp3) is 0.263. The Labute approximate surface area is 138 Å². The van der Waals surface area contributed by atoms with Crippen LogP contribution in [0.15, 0.2) is 36.5 Å². The molecule has 122 valence electrons. The van der Waals surface area contributed by atoms with E-state index in [0.29, 0.717) is 40.4 Å². The molecule has 0 spiro atoms. The third-order valence-corrected chi connectivity index (χ3v) is 4.27. The first kappa shape index (κ1) is 14.9. The molecule has 1 aliphatic heterocycles.